The molecule has 0 aliphatic carbocycles. The second-order valence-corrected chi connectivity index (χ2v) is 10.9. The summed E-state index contributed by atoms with van der Waals surface area (Å²) in [7, 11) is -3.84. The molecule has 0 atom stereocenters. The van der Waals surface area contributed by atoms with E-state index in [9.17, 15) is 22.8 Å². The van der Waals surface area contributed by atoms with Crippen LogP contribution in [-0.2, 0) is 31.0 Å². The van der Waals surface area contributed by atoms with Gasteiger partial charge in [-0.25, -0.2) is 8.42 Å². The number of nitrogens with zero attached hydrogens (tertiary/aromatic N) is 3. The monoisotopic (exact) mass is 498 g/mol. The third-order valence-corrected chi connectivity index (χ3v) is 8.43. The van der Waals surface area contributed by atoms with Crippen LogP contribution in [0.4, 0.5) is 5.69 Å². The minimum Gasteiger partial charge on any atom is -0.330 e. The molecule has 2 aliphatic heterocycles. The van der Waals surface area contributed by atoms with E-state index in [2.05, 4.69) is 5.32 Å². The van der Waals surface area contributed by atoms with Gasteiger partial charge in [-0.3, -0.25) is 14.4 Å². The predicted molar refractivity (Wildman–Crippen MR) is 131 cm³/mol. The van der Waals surface area contributed by atoms with Crippen LogP contribution < -0.4 is 5.32 Å². The van der Waals surface area contributed by atoms with Gasteiger partial charge >= 0.3 is 11.8 Å². The van der Waals surface area contributed by atoms with Crippen molar-refractivity contribution in [1.29, 1.82) is 0 Å². The molecule has 0 bridgehead atoms. The fraction of sp³-hybridized carbons (Fsp3) is 0.400. The van der Waals surface area contributed by atoms with E-state index in [1.54, 1.807) is 34.9 Å². The normalized spacial score (nSPS) is 18.1. The smallest absolute Gasteiger partial charge is 0.312 e. The quantitative estimate of drug-likeness (QED) is 0.613. The van der Waals surface area contributed by atoms with E-state index < -0.39 is 21.8 Å². The molecule has 186 valence electrons. The molecule has 3 amide bonds. The Balaban J connectivity index is 1.41. The van der Waals surface area contributed by atoms with E-state index in [1.165, 1.54) is 11.2 Å². The first-order valence-electron chi connectivity index (χ1n) is 11.7. The van der Waals surface area contributed by atoms with Crippen LogP contribution in [0.1, 0.15) is 30.9 Å². The number of benzene rings is 2. The average Bonchev–Trinajstić information content (AvgIpc) is 2.84. The molecule has 2 aromatic carbocycles. The molecule has 2 aromatic rings. The van der Waals surface area contributed by atoms with Crippen molar-refractivity contribution >= 4 is 33.4 Å². The second-order valence-electron chi connectivity index (χ2n) is 9.03. The van der Waals surface area contributed by atoms with Gasteiger partial charge in [-0.15, -0.1) is 0 Å². The molecule has 9 nitrogen and oxygen atoms in total. The summed E-state index contributed by atoms with van der Waals surface area (Å²) in [5, 5.41) is 2.60. The SMILES string of the molecule is CC(=O)Nc1ccc(C)cc1S(=O)(=O)N1CCC(N2CCN(Cc3ccccc3)C(=O)C2=O)CC1. The number of aryl methyl sites for hydroxylation is 1. The maximum absolute atomic E-state index is 13.4. The van der Waals surface area contributed by atoms with Gasteiger partial charge in [0.05, 0.1) is 5.69 Å². The van der Waals surface area contributed by atoms with Crippen LogP contribution in [0, 0.1) is 6.92 Å². The Hall–Kier alpha value is -3.24. The van der Waals surface area contributed by atoms with Gasteiger partial charge in [0.1, 0.15) is 4.90 Å². The highest BCUT2D eigenvalue weighted by Crippen LogP contribution is 2.29. The molecule has 2 heterocycles. The van der Waals surface area contributed by atoms with E-state index >= 15 is 0 Å². The van der Waals surface area contributed by atoms with Crippen molar-refractivity contribution in [3.63, 3.8) is 0 Å². The number of hydrogen-bond donors (Lipinski definition) is 1. The maximum atomic E-state index is 13.4. The van der Waals surface area contributed by atoms with Crippen molar-refractivity contribution in [2.45, 2.75) is 44.2 Å². The van der Waals surface area contributed by atoms with Gasteiger partial charge in [0.2, 0.25) is 15.9 Å². The van der Waals surface area contributed by atoms with E-state index in [1.807, 2.05) is 30.3 Å². The summed E-state index contributed by atoms with van der Waals surface area (Å²) in [5.41, 5.74) is 1.99. The molecular formula is C25H30N4O5S. The summed E-state index contributed by atoms with van der Waals surface area (Å²) in [4.78, 5) is 40.4. The zero-order valence-electron chi connectivity index (χ0n) is 19.9. The van der Waals surface area contributed by atoms with Crippen molar-refractivity contribution in [2.75, 3.05) is 31.5 Å². The minimum atomic E-state index is -3.84. The Kier molecular flexibility index (Phi) is 7.23. The lowest BCUT2D eigenvalue weighted by Crippen LogP contribution is -2.58. The summed E-state index contributed by atoms with van der Waals surface area (Å²) in [6, 6.07) is 14.3. The molecule has 0 unspecified atom stereocenters. The predicted octanol–water partition coefficient (Wildman–Crippen LogP) is 1.98. The number of hydrogen-bond acceptors (Lipinski definition) is 5. The van der Waals surface area contributed by atoms with Crippen LogP contribution in [0.2, 0.25) is 0 Å². The Morgan fingerprint density at radius 1 is 0.971 bits per heavy atom. The third kappa shape index (κ3) is 5.38. The van der Waals surface area contributed by atoms with Gasteiger partial charge in [-0.1, -0.05) is 36.4 Å². The number of sulfonamides is 1. The Morgan fingerprint density at radius 2 is 1.66 bits per heavy atom. The highest BCUT2D eigenvalue weighted by Gasteiger charge is 2.39. The summed E-state index contributed by atoms with van der Waals surface area (Å²) in [6.07, 6.45) is 0.885. The Labute approximate surface area is 205 Å². The van der Waals surface area contributed by atoms with Crippen LogP contribution in [0.15, 0.2) is 53.4 Å². The van der Waals surface area contributed by atoms with Crippen LogP contribution in [-0.4, -0.2) is 72.5 Å². The van der Waals surface area contributed by atoms with Crippen LogP contribution >= 0.6 is 0 Å². The topological polar surface area (TPSA) is 107 Å². The highest BCUT2D eigenvalue weighted by molar-refractivity contribution is 7.89. The Bertz CT molecular complexity index is 1220. The first kappa shape index (κ1) is 24.9. The van der Waals surface area contributed by atoms with Crippen LogP contribution in [0.3, 0.4) is 0 Å². The molecule has 2 saturated heterocycles. The lowest BCUT2D eigenvalue weighted by molar-refractivity contribution is -0.158. The van der Waals surface area contributed by atoms with E-state index in [-0.39, 0.29) is 35.6 Å². The number of rotatable bonds is 6. The van der Waals surface area contributed by atoms with Gasteiger partial charge in [-0.05, 0) is 43.0 Å². The van der Waals surface area contributed by atoms with Crippen molar-refractivity contribution < 1.29 is 22.8 Å². The molecule has 0 saturated carbocycles. The maximum Gasteiger partial charge on any atom is 0.312 e. The van der Waals surface area contributed by atoms with Crippen molar-refractivity contribution in [1.82, 2.24) is 14.1 Å². The Morgan fingerprint density at radius 3 is 2.31 bits per heavy atom. The van der Waals surface area contributed by atoms with Crippen LogP contribution in [0.25, 0.3) is 0 Å². The number of carbonyl (C=O) groups is 3. The van der Waals surface area contributed by atoms with E-state index in [4.69, 9.17) is 0 Å². The fourth-order valence-corrected chi connectivity index (χ4v) is 6.36. The molecule has 4 rings (SSSR count). The number of carbonyl (C=O) groups excluding carboxylic acids is 3. The highest BCUT2D eigenvalue weighted by atomic mass is 32.2. The molecule has 2 aliphatic rings. The number of piperidine rings is 1. The van der Waals surface area contributed by atoms with Gasteiger partial charge in [0.25, 0.3) is 0 Å². The summed E-state index contributed by atoms with van der Waals surface area (Å²) < 4.78 is 28.2. The molecule has 0 spiro atoms. The van der Waals surface area contributed by atoms with Crippen LogP contribution in [0.5, 0.6) is 0 Å². The summed E-state index contributed by atoms with van der Waals surface area (Å²) in [6.45, 7) is 4.85. The van der Waals surface area contributed by atoms with Crippen molar-refractivity contribution in [3.8, 4) is 0 Å². The first-order valence-corrected chi connectivity index (χ1v) is 13.1. The minimum absolute atomic E-state index is 0.0620. The van der Waals surface area contributed by atoms with E-state index in [0.717, 1.165) is 11.1 Å². The largest absolute Gasteiger partial charge is 0.330 e. The summed E-state index contributed by atoms with van der Waals surface area (Å²) >= 11 is 0. The molecule has 35 heavy (non-hydrogen) atoms. The third-order valence-electron chi connectivity index (χ3n) is 6.49. The molecular weight excluding hydrogens is 468 g/mol. The zero-order valence-corrected chi connectivity index (χ0v) is 20.8. The average molecular weight is 499 g/mol. The fourth-order valence-electron chi connectivity index (χ4n) is 4.66. The van der Waals surface area contributed by atoms with E-state index in [0.29, 0.717) is 32.5 Å². The number of amides is 3. The first-order chi connectivity index (χ1) is 16.7. The number of piperazine rings is 1. The van der Waals surface area contributed by atoms with Crippen molar-refractivity contribution in [2.24, 2.45) is 0 Å². The lowest BCUT2D eigenvalue weighted by Gasteiger charge is -2.41. The lowest BCUT2D eigenvalue weighted by atomic mass is 10.0. The number of nitrogens with one attached hydrogen (secondary N) is 1. The number of anilines is 1. The van der Waals surface area contributed by atoms with Crippen molar-refractivity contribution in [3.05, 3.63) is 59.7 Å². The van der Waals surface area contributed by atoms with Gasteiger partial charge in [0.15, 0.2) is 0 Å². The molecule has 2 fully saturated rings. The molecule has 10 heteroatoms. The molecule has 1 N–H and O–H groups in total. The van der Waals surface area contributed by atoms with Gasteiger partial charge in [0, 0.05) is 45.7 Å². The second kappa shape index (κ2) is 10.2. The standard InChI is InChI=1S/C25H30N4O5S/c1-18-8-9-22(26-19(2)30)23(16-18)35(33,34)28-12-10-21(11-13-28)29-15-14-27(24(31)25(29)32)17-20-6-4-3-5-7-20/h3-9,16,21H,10-15,17H2,1-2H3,(H,26,30). The summed E-state index contributed by atoms with van der Waals surface area (Å²) in [5.74, 6) is -1.39. The zero-order chi connectivity index (χ0) is 25.2. The molecule has 0 radical (unpaired) electrons. The molecule has 0 aromatic heterocycles. The van der Waals surface area contributed by atoms with Gasteiger partial charge in [-0.2, -0.15) is 4.31 Å². The van der Waals surface area contributed by atoms with Gasteiger partial charge < -0.3 is 15.1 Å².